The highest BCUT2D eigenvalue weighted by atomic mass is 35.5. The van der Waals surface area contributed by atoms with Crippen LogP contribution in [0.4, 0.5) is 5.13 Å². The number of nitrogens with zero attached hydrogens (tertiary/aromatic N) is 1. The number of aliphatic hydroxyl groups excluding tert-OH is 1. The van der Waals surface area contributed by atoms with Crippen molar-refractivity contribution in [2.24, 2.45) is 5.41 Å². The number of benzene rings is 2. The Morgan fingerprint density at radius 1 is 1.19 bits per heavy atom. The SMILES string of the molecule is CC1=C(C(=O)Nc2nc3ccccc3s2)C(c2ccc(Cl)cc2)C2=C(CC(C)(C)CC2=O)N1.CCO. The number of anilines is 1. The summed E-state index contributed by atoms with van der Waals surface area (Å²) in [6.07, 6.45) is 1.20. The highest BCUT2D eigenvalue weighted by Gasteiger charge is 2.42. The first-order chi connectivity index (χ1) is 17.1. The number of dihydropyridines is 1. The van der Waals surface area contributed by atoms with E-state index in [-0.39, 0.29) is 23.7 Å². The Labute approximate surface area is 220 Å². The summed E-state index contributed by atoms with van der Waals surface area (Å²) in [5.41, 5.74) is 4.45. The molecule has 1 aromatic heterocycles. The zero-order chi connectivity index (χ0) is 26.0. The van der Waals surface area contributed by atoms with Gasteiger partial charge in [-0.3, -0.25) is 14.9 Å². The van der Waals surface area contributed by atoms with Crippen molar-refractivity contribution in [3.8, 4) is 0 Å². The van der Waals surface area contributed by atoms with Crippen LogP contribution >= 0.6 is 22.9 Å². The average Bonchev–Trinajstić information content (AvgIpc) is 3.20. The van der Waals surface area contributed by atoms with Crippen molar-refractivity contribution < 1.29 is 14.7 Å². The molecule has 0 fully saturated rings. The number of ketones is 1. The monoisotopic (exact) mass is 523 g/mol. The van der Waals surface area contributed by atoms with Crippen molar-refractivity contribution in [1.29, 1.82) is 0 Å². The van der Waals surface area contributed by atoms with Gasteiger partial charge in [0.1, 0.15) is 0 Å². The molecule has 6 nitrogen and oxygen atoms in total. The summed E-state index contributed by atoms with van der Waals surface area (Å²) in [5, 5.41) is 15.1. The number of para-hydroxylation sites is 1. The van der Waals surface area contributed by atoms with Gasteiger partial charge in [-0.2, -0.15) is 0 Å². The lowest BCUT2D eigenvalue weighted by Crippen LogP contribution is -2.39. The number of rotatable bonds is 3. The third-order valence-corrected chi connectivity index (χ3v) is 7.41. The lowest BCUT2D eigenvalue weighted by atomic mass is 9.68. The number of carbonyl (C=O) groups is 2. The molecular weight excluding hydrogens is 494 g/mol. The Bertz CT molecular complexity index is 1340. The van der Waals surface area contributed by atoms with Gasteiger partial charge >= 0.3 is 0 Å². The summed E-state index contributed by atoms with van der Waals surface area (Å²) in [4.78, 5) is 31.5. The standard InChI is InChI=1S/C26H24ClN3O2S.C2H6O/c1-14-21(24(32)30-25-29-17-6-4-5-7-20(17)33-25)22(15-8-10-16(27)11-9-15)23-18(28-14)12-26(2,3)13-19(23)31;1-2-3/h4-11,22,28H,12-13H2,1-3H3,(H,29,30,32);3H,2H2,1H3. The van der Waals surface area contributed by atoms with Gasteiger partial charge in [0.25, 0.3) is 5.91 Å². The minimum absolute atomic E-state index is 0.0755. The molecule has 8 heteroatoms. The molecule has 0 spiro atoms. The molecule has 2 aromatic carbocycles. The number of aromatic nitrogens is 1. The number of hydrogen-bond donors (Lipinski definition) is 3. The lowest BCUT2D eigenvalue weighted by molar-refractivity contribution is -0.118. The number of fused-ring (bicyclic) bond motifs is 1. The topological polar surface area (TPSA) is 91.3 Å². The van der Waals surface area contributed by atoms with Crippen LogP contribution in [0.2, 0.25) is 5.02 Å². The molecule has 1 unspecified atom stereocenters. The first-order valence-corrected chi connectivity index (χ1v) is 13.1. The summed E-state index contributed by atoms with van der Waals surface area (Å²) in [6, 6.07) is 15.2. The Hall–Kier alpha value is -3.00. The second-order valence-corrected chi connectivity index (χ2v) is 11.2. The average molecular weight is 524 g/mol. The molecule has 1 atom stereocenters. The number of Topliss-reactive ketones (excluding diaryl/α,β-unsaturated/α-hetero) is 1. The molecule has 0 bridgehead atoms. The van der Waals surface area contributed by atoms with Gasteiger partial charge in [0, 0.05) is 46.5 Å². The van der Waals surface area contributed by atoms with Crippen molar-refractivity contribution in [1.82, 2.24) is 10.3 Å². The molecule has 2 heterocycles. The van der Waals surface area contributed by atoms with E-state index in [1.165, 1.54) is 11.3 Å². The van der Waals surface area contributed by atoms with Gasteiger partial charge in [0.05, 0.1) is 10.2 Å². The van der Waals surface area contributed by atoms with Crippen molar-refractivity contribution in [2.75, 3.05) is 11.9 Å². The summed E-state index contributed by atoms with van der Waals surface area (Å²) in [7, 11) is 0. The third kappa shape index (κ3) is 5.38. The molecule has 36 heavy (non-hydrogen) atoms. The lowest BCUT2D eigenvalue weighted by Gasteiger charge is -2.39. The summed E-state index contributed by atoms with van der Waals surface area (Å²) < 4.78 is 1.00. The molecule has 1 amide bonds. The van der Waals surface area contributed by atoms with Crippen LogP contribution in [0.15, 0.2) is 71.1 Å². The van der Waals surface area contributed by atoms with Crippen molar-refractivity contribution in [3.05, 3.63) is 81.7 Å². The van der Waals surface area contributed by atoms with E-state index in [0.29, 0.717) is 27.7 Å². The number of hydrogen-bond acceptors (Lipinski definition) is 6. The second kappa shape index (κ2) is 10.5. The molecule has 0 radical (unpaired) electrons. The predicted molar refractivity (Wildman–Crippen MR) is 146 cm³/mol. The Kier molecular flexibility index (Phi) is 7.64. The first kappa shape index (κ1) is 26.1. The van der Waals surface area contributed by atoms with E-state index in [0.717, 1.165) is 33.6 Å². The van der Waals surface area contributed by atoms with Gasteiger partial charge in [0.2, 0.25) is 0 Å². The summed E-state index contributed by atoms with van der Waals surface area (Å²) in [5.74, 6) is -0.647. The summed E-state index contributed by atoms with van der Waals surface area (Å²) in [6.45, 7) is 8.02. The Morgan fingerprint density at radius 3 is 2.53 bits per heavy atom. The maximum absolute atomic E-state index is 13.6. The van der Waals surface area contributed by atoms with E-state index in [4.69, 9.17) is 16.7 Å². The smallest absolute Gasteiger partial charge is 0.256 e. The van der Waals surface area contributed by atoms with Crippen LogP contribution in [-0.4, -0.2) is 28.4 Å². The molecule has 1 aliphatic carbocycles. The van der Waals surface area contributed by atoms with E-state index < -0.39 is 5.92 Å². The normalized spacial score (nSPS) is 18.8. The minimum atomic E-state index is -0.462. The van der Waals surface area contributed by atoms with Crippen LogP contribution in [0, 0.1) is 5.41 Å². The fourth-order valence-electron chi connectivity index (χ4n) is 4.82. The number of halogens is 1. The highest BCUT2D eigenvalue weighted by Crippen LogP contribution is 2.47. The van der Waals surface area contributed by atoms with E-state index in [9.17, 15) is 9.59 Å². The number of nitrogens with one attached hydrogen (secondary N) is 2. The predicted octanol–water partition coefficient (Wildman–Crippen LogP) is 6.19. The van der Waals surface area contributed by atoms with Gasteiger partial charge in [0.15, 0.2) is 10.9 Å². The number of aliphatic hydroxyl groups is 1. The van der Waals surface area contributed by atoms with Crippen LogP contribution in [0.3, 0.4) is 0 Å². The van der Waals surface area contributed by atoms with Gasteiger partial charge in [-0.25, -0.2) is 4.98 Å². The molecular formula is C28H30ClN3O3S. The molecule has 5 rings (SSSR count). The van der Waals surface area contributed by atoms with E-state index in [1.54, 1.807) is 19.1 Å². The third-order valence-electron chi connectivity index (χ3n) is 6.20. The fourth-order valence-corrected chi connectivity index (χ4v) is 5.80. The fraction of sp³-hybridized carbons (Fsp3) is 0.321. The number of carbonyl (C=O) groups excluding carboxylic acids is 2. The van der Waals surface area contributed by atoms with Crippen LogP contribution in [-0.2, 0) is 9.59 Å². The van der Waals surface area contributed by atoms with Crippen LogP contribution in [0.5, 0.6) is 0 Å². The molecule has 0 saturated heterocycles. The summed E-state index contributed by atoms with van der Waals surface area (Å²) >= 11 is 7.57. The van der Waals surface area contributed by atoms with E-state index in [2.05, 4.69) is 29.5 Å². The number of thiazole rings is 1. The second-order valence-electron chi connectivity index (χ2n) is 9.74. The largest absolute Gasteiger partial charge is 0.397 e. The zero-order valence-electron chi connectivity index (χ0n) is 20.8. The molecule has 2 aliphatic rings. The molecule has 3 aromatic rings. The van der Waals surface area contributed by atoms with Crippen LogP contribution < -0.4 is 10.6 Å². The number of allylic oxidation sites excluding steroid dienone is 3. The van der Waals surface area contributed by atoms with Crippen molar-refractivity contribution in [2.45, 2.75) is 46.5 Å². The van der Waals surface area contributed by atoms with Gasteiger partial charge < -0.3 is 10.4 Å². The van der Waals surface area contributed by atoms with E-state index >= 15 is 0 Å². The van der Waals surface area contributed by atoms with Crippen LogP contribution in [0.25, 0.3) is 10.2 Å². The van der Waals surface area contributed by atoms with Gasteiger partial charge in [-0.15, -0.1) is 0 Å². The van der Waals surface area contributed by atoms with Gasteiger partial charge in [-0.1, -0.05) is 61.1 Å². The van der Waals surface area contributed by atoms with Gasteiger partial charge in [-0.05, 0) is 55.5 Å². The molecule has 0 saturated carbocycles. The Balaban J connectivity index is 0.000000967. The Morgan fingerprint density at radius 2 is 1.86 bits per heavy atom. The maximum atomic E-state index is 13.6. The van der Waals surface area contributed by atoms with E-state index in [1.807, 2.05) is 43.3 Å². The maximum Gasteiger partial charge on any atom is 0.256 e. The molecule has 1 aliphatic heterocycles. The zero-order valence-corrected chi connectivity index (χ0v) is 22.4. The molecule has 3 N–H and O–H groups in total. The first-order valence-electron chi connectivity index (χ1n) is 11.9. The quantitative estimate of drug-likeness (QED) is 0.380. The highest BCUT2D eigenvalue weighted by molar-refractivity contribution is 7.22. The number of amides is 1. The van der Waals surface area contributed by atoms with Crippen LogP contribution in [0.1, 0.15) is 52.0 Å². The molecule has 188 valence electrons. The van der Waals surface area contributed by atoms with Crippen molar-refractivity contribution >= 4 is 50.0 Å². The van der Waals surface area contributed by atoms with Crippen molar-refractivity contribution in [3.63, 3.8) is 0 Å². The minimum Gasteiger partial charge on any atom is -0.397 e.